The molecule has 0 saturated carbocycles. The fourth-order valence-electron chi connectivity index (χ4n) is 1.51. The molecular formula is C13H13O2Si. The van der Waals surface area contributed by atoms with E-state index in [2.05, 4.69) is 0 Å². The number of methoxy groups -OCH3 is 1. The van der Waals surface area contributed by atoms with Gasteiger partial charge in [-0.15, -0.1) is 0 Å². The summed E-state index contributed by atoms with van der Waals surface area (Å²) in [4.78, 5) is 10.2. The lowest BCUT2D eigenvalue weighted by Gasteiger charge is -2.08. The van der Waals surface area contributed by atoms with Crippen LogP contribution in [0.15, 0.2) is 54.6 Å². The zero-order valence-corrected chi connectivity index (χ0v) is 10.1. The van der Waals surface area contributed by atoms with E-state index >= 15 is 0 Å². The molecule has 0 bridgehead atoms. The Hall–Kier alpha value is -1.58. The first-order valence-electron chi connectivity index (χ1n) is 5.07. The van der Waals surface area contributed by atoms with E-state index in [1.54, 1.807) is 7.11 Å². The minimum atomic E-state index is -1.62. The van der Waals surface area contributed by atoms with Gasteiger partial charge in [0.2, 0.25) is 0 Å². The molecule has 0 unspecified atom stereocenters. The Morgan fingerprint density at radius 2 is 1.44 bits per heavy atom. The summed E-state index contributed by atoms with van der Waals surface area (Å²) in [7, 11) is 0.0111. The molecule has 0 saturated heterocycles. The van der Waals surface area contributed by atoms with Crippen molar-refractivity contribution in [1.82, 2.24) is 0 Å². The molecule has 0 aliphatic rings. The van der Waals surface area contributed by atoms with Crippen molar-refractivity contribution in [2.45, 2.75) is 0 Å². The molecule has 1 radical (unpaired) electrons. The van der Waals surface area contributed by atoms with Crippen LogP contribution < -0.4 is 15.1 Å². The van der Waals surface area contributed by atoms with Crippen molar-refractivity contribution in [2.75, 3.05) is 7.11 Å². The number of hydrogen-bond acceptors (Lipinski definition) is 2. The molecule has 0 amide bonds. The van der Waals surface area contributed by atoms with Gasteiger partial charge in [0.05, 0.1) is 7.11 Å². The van der Waals surface area contributed by atoms with Crippen LogP contribution in [0.1, 0.15) is 0 Å². The summed E-state index contributed by atoms with van der Waals surface area (Å²) in [5.74, 6) is 0.812. The van der Waals surface area contributed by atoms with Gasteiger partial charge in [-0.3, -0.25) is 0 Å². The van der Waals surface area contributed by atoms with E-state index in [0.29, 0.717) is 0 Å². The van der Waals surface area contributed by atoms with Crippen LogP contribution in [0.5, 0.6) is 5.75 Å². The lowest BCUT2D eigenvalue weighted by molar-refractivity contribution is 0.415. The van der Waals surface area contributed by atoms with Gasteiger partial charge in [-0.2, -0.15) is 0 Å². The van der Waals surface area contributed by atoms with Crippen LogP contribution in [0.4, 0.5) is 0 Å². The molecule has 2 aromatic carbocycles. The van der Waals surface area contributed by atoms with Gasteiger partial charge in [-0.1, -0.05) is 42.5 Å². The number of rotatable bonds is 3. The van der Waals surface area contributed by atoms with E-state index in [1.807, 2.05) is 54.6 Å². The number of ether oxygens (including phenoxy) is 1. The molecule has 1 N–H and O–H groups in total. The van der Waals surface area contributed by atoms with E-state index in [9.17, 15) is 4.80 Å². The average Bonchev–Trinajstić information content (AvgIpc) is 2.39. The van der Waals surface area contributed by atoms with Crippen LogP contribution in [0, 0.1) is 0 Å². The minimum absolute atomic E-state index is 0.812. The maximum absolute atomic E-state index is 10.2. The lowest BCUT2D eigenvalue weighted by atomic mass is 10.3. The monoisotopic (exact) mass is 229 g/mol. The molecular weight excluding hydrogens is 216 g/mol. The number of benzene rings is 2. The highest BCUT2D eigenvalue weighted by Gasteiger charge is 2.13. The van der Waals surface area contributed by atoms with Crippen molar-refractivity contribution < 1.29 is 9.53 Å². The molecule has 0 aliphatic heterocycles. The Morgan fingerprint density at radius 1 is 0.875 bits per heavy atom. The molecule has 0 atom stereocenters. The fourth-order valence-corrected chi connectivity index (χ4v) is 2.84. The summed E-state index contributed by atoms with van der Waals surface area (Å²) in [5.41, 5.74) is 0. The molecule has 0 fully saturated rings. The molecule has 16 heavy (non-hydrogen) atoms. The molecule has 0 heterocycles. The predicted octanol–water partition coefficient (Wildman–Crippen LogP) is 0.793. The second-order valence-electron chi connectivity index (χ2n) is 3.44. The lowest BCUT2D eigenvalue weighted by Crippen LogP contribution is -2.41. The largest absolute Gasteiger partial charge is 0.497 e. The Kier molecular flexibility index (Phi) is 3.39. The minimum Gasteiger partial charge on any atom is -0.497 e. The standard InChI is InChI=1S/C13H13O2Si/c1-15-11-7-9-13(10-8-11)16(14)12-5-3-2-4-6-12/h2-10,14H,1H3. The van der Waals surface area contributed by atoms with Crippen LogP contribution >= 0.6 is 0 Å². The van der Waals surface area contributed by atoms with Crippen molar-refractivity contribution in [2.24, 2.45) is 0 Å². The second-order valence-corrected chi connectivity index (χ2v) is 5.30. The molecule has 81 valence electrons. The first-order valence-corrected chi connectivity index (χ1v) is 6.52. The third kappa shape index (κ3) is 2.32. The van der Waals surface area contributed by atoms with Gasteiger partial charge in [0.25, 0.3) is 9.04 Å². The van der Waals surface area contributed by atoms with E-state index in [1.165, 1.54) is 0 Å². The molecule has 0 aliphatic carbocycles. The molecule has 0 spiro atoms. The van der Waals surface area contributed by atoms with E-state index in [-0.39, 0.29) is 0 Å². The maximum atomic E-state index is 10.2. The Bertz CT molecular complexity index is 439. The first-order chi connectivity index (χ1) is 7.81. The van der Waals surface area contributed by atoms with Crippen LogP contribution in [-0.4, -0.2) is 20.9 Å². The van der Waals surface area contributed by atoms with Crippen LogP contribution in [0.2, 0.25) is 0 Å². The van der Waals surface area contributed by atoms with Gasteiger partial charge in [0.15, 0.2) is 0 Å². The van der Waals surface area contributed by atoms with Gasteiger partial charge in [-0.05, 0) is 22.5 Å². The molecule has 0 aromatic heterocycles. The highest BCUT2D eigenvalue weighted by molar-refractivity contribution is 6.78. The maximum Gasteiger partial charge on any atom is 0.280 e. The summed E-state index contributed by atoms with van der Waals surface area (Å²) >= 11 is 0. The van der Waals surface area contributed by atoms with Gasteiger partial charge in [-0.25, -0.2) is 0 Å². The smallest absolute Gasteiger partial charge is 0.280 e. The molecule has 2 aromatic rings. The van der Waals surface area contributed by atoms with Gasteiger partial charge in [0.1, 0.15) is 5.75 Å². The SMILES string of the molecule is COc1ccc([Si](O)c2ccccc2)cc1. The Morgan fingerprint density at radius 3 is 2.00 bits per heavy atom. The zero-order valence-electron chi connectivity index (χ0n) is 9.05. The van der Waals surface area contributed by atoms with Crippen molar-refractivity contribution in [1.29, 1.82) is 0 Å². The van der Waals surface area contributed by atoms with E-state index in [0.717, 1.165) is 16.1 Å². The van der Waals surface area contributed by atoms with E-state index in [4.69, 9.17) is 4.74 Å². The summed E-state index contributed by atoms with van der Waals surface area (Å²) < 4.78 is 5.08. The topological polar surface area (TPSA) is 29.5 Å². The summed E-state index contributed by atoms with van der Waals surface area (Å²) in [5, 5.41) is 1.97. The third-order valence-corrected chi connectivity index (χ3v) is 4.17. The highest BCUT2D eigenvalue weighted by atomic mass is 28.3. The fraction of sp³-hybridized carbons (Fsp3) is 0.0769. The predicted molar refractivity (Wildman–Crippen MR) is 66.7 cm³/mol. The highest BCUT2D eigenvalue weighted by Crippen LogP contribution is 2.05. The van der Waals surface area contributed by atoms with Crippen molar-refractivity contribution >= 4 is 19.4 Å². The number of hydrogen-bond donors (Lipinski definition) is 1. The summed E-state index contributed by atoms with van der Waals surface area (Å²) in [6.45, 7) is 0. The summed E-state index contributed by atoms with van der Waals surface area (Å²) in [6, 6.07) is 17.3. The van der Waals surface area contributed by atoms with Crippen LogP contribution in [0.3, 0.4) is 0 Å². The molecule has 2 rings (SSSR count). The quantitative estimate of drug-likeness (QED) is 0.789. The third-order valence-electron chi connectivity index (χ3n) is 2.41. The van der Waals surface area contributed by atoms with Crippen LogP contribution in [0.25, 0.3) is 0 Å². The second kappa shape index (κ2) is 4.96. The Labute approximate surface area is 96.9 Å². The van der Waals surface area contributed by atoms with Crippen molar-refractivity contribution in [3.8, 4) is 5.75 Å². The molecule has 3 heteroatoms. The normalized spacial score (nSPS) is 10.4. The Balaban J connectivity index is 2.24. The van der Waals surface area contributed by atoms with Gasteiger partial charge >= 0.3 is 0 Å². The van der Waals surface area contributed by atoms with Gasteiger partial charge < -0.3 is 9.53 Å². The van der Waals surface area contributed by atoms with E-state index < -0.39 is 9.04 Å². The first kappa shape index (κ1) is 10.9. The van der Waals surface area contributed by atoms with Crippen molar-refractivity contribution in [3.05, 3.63) is 54.6 Å². The molecule has 2 nitrogen and oxygen atoms in total. The van der Waals surface area contributed by atoms with Gasteiger partial charge in [0, 0.05) is 0 Å². The summed E-state index contributed by atoms with van der Waals surface area (Å²) in [6.07, 6.45) is 0. The van der Waals surface area contributed by atoms with Crippen molar-refractivity contribution in [3.63, 3.8) is 0 Å². The van der Waals surface area contributed by atoms with Crippen LogP contribution in [-0.2, 0) is 0 Å². The zero-order chi connectivity index (χ0) is 11.4. The average molecular weight is 229 g/mol.